The fourth-order valence-electron chi connectivity index (χ4n) is 2.52. The van der Waals surface area contributed by atoms with E-state index < -0.39 is 18.6 Å². The van der Waals surface area contributed by atoms with Crippen molar-refractivity contribution in [1.82, 2.24) is 15.1 Å². The summed E-state index contributed by atoms with van der Waals surface area (Å²) in [6.07, 6.45) is -4.41. The van der Waals surface area contributed by atoms with Crippen molar-refractivity contribution < 1.29 is 22.8 Å². The van der Waals surface area contributed by atoms with Gasteiger partial charge in [0.25, 0.3) is 0 Å². The van der Waals surface area contributed by atoms with E-state index in [4.69, 9.17) is 11.6 Å². The SMILES string of the molecule is O=C(CN1CCN(CC(=O)Nc2ccccc2Cl)CC1)NCC(F)(F)F. The molecule has 2 rings (SSSR count). The van der Waals surface area contributed by atoms with E-state index >= 15 is 0 Å². The monoisotopic (exact) mass is 392 g/mol. The smallest absolute Gasteiger partial charge is 0.346 e. The maximum absolute atomic E-state index is 12.1. The summed E-state index contributed by atoms with van der Waals surface area (Å²) in [6.45, 7) is 0.853. The molecule has 1 aromatic carbocycles. The van der Waals surface area contributed by atoms with Crippen LogP contribution >= 0.6 is 11.6 Å². The number of benzene rings is 1. The largest absolute Gasteiger partial charge is 0.405 e. The van der Waals surface area contributed by atoms with Gasteiger partial charge in [0, 0.05) is 26.2 Å². The fraction of sp³-hybridized carbons (Fsp3) is 0.500. The van der Waals surface area contributed by atoms with Gasteiger partial charge in [0.1, 0.15) is 6.54 Å². The van der Waals surface area contributed by atoms with Crippen LogP contribution in [0.1, 0.15) is 0 Å². The van der Waals surface area contributed by atoms with Crippen LogP contribution in [0.4, 0.5) is 18.9 Å². The van der Waals surface area contributed by atoms with Crippen molar-refractivity contribution in [3.05, 3.63) is 29.3 Å². The fourth-order valence-corrected chi connectivity index (χ4v) is 2.70. The molecule has 1 aliphatic rings. The van der Waals surface area contributed by atoms with E-state index in [1.165, 1.54) is 0 Å². The minimum Gasteiger partial charge on any atom is -0.346 e. The van der Waals surface area contributed by atoms with Crippen molar-refractivity contribution in [2.75, 3.05) is 51.1 Å². The van der Waals surface area contributed by atoms with Gasteiger partial charge in [-0.2, -0.15) is 13.2 Å². The van der Waals surface area contributed by atoms with E-state index in [0.717, 1.165) is 0 Å². The van der Waals surface area contributed by atoms with Crippen LogP contribution in [0.5, 0.6) is 0 Å². The molecular weight excluding hydrogens is 373 g/mol. The lowest BCUT2D eigenvalue weighted by Gasteiger charge is -2.33. The number of amides is 2. The molecule has 1 fully saturated rings. The predicted molar refractivity (Wildman–Crippen MR) is 92.0 cm³/mol. The van der Waals surface area contributed by atoms with Gasteiger partial charge in [-0.3, -0.25) is 19.4 Å². The van der Waals surface area contributed by atoms with E-state index in [2.05, 4.69) is 5.32 Å². The van der Waals surface area contributed by atoms with Crippen molar-refractivity contribution in [3.63, 3.8) is 0 Å². The maximum atomic E-state index is 12.1. The van der Waals surface area contributed by atoms with Gasteiger partial charge < -0.3 is 10.6 Å². The van der Waals surface area contributed by atoms with E-state index in [1.54, 1.807) is 29.2 Å². The van der Waals surface area contributed by atoms with Crippen LogP contribution in [-0.4, -0.2) is 73.6 Å². The number of nitrogens with zero attached hydrogens (tertiary/aromatic N) is 2. The third-order valence-electron chi connectivity index (χ3n) is 3.83. The summed E-state index contributed by atoms with van der Waals surface area (Å²) in [5.41, 5.74) is 0.541. The Hall–Kier alpha value is -1.84. The molecule has 6 nitrogen and oxygen atoms in total. The molecule has 0 aliphatic carbocycles. The van der Waals surface area contributed by atoms with E-state index in [0.29, 0.717) is 36.9 Å². The number of halogens is 4. The topological polar surface area (TPSA) is 64.7 Å². The Bertz CT molecular complexity index is 634. The Morgan fingerprint density at radius 1 is 1.00 bits per heavy atom. The van der Waals surface area contributed by atoms with Crippen LogP contribution in [0.2, 0.25) is 5.02 Å². The molecule has 1 aliphatic heterocycles. The molecule has 0 unspecified atom stereocenters. The van der Waals surface area contributed by atoms with Crippen molar-refractivity contribution in [2.24, 2.45) is 0 Å². The second-order valence-electron chi connectivity index (χ2n) is 5.97. The second-order valence-corrected chi connectivity index (χ2v) is 6.38. The van der Waals surface area contributed by atoms with Crippen molar-refractivity contribution >= 4 is 29.1 Å². The molecular formula is C16H20ClF3N4O2. The van der Waals surface area contributed by atoms with Crippen molar-refractivity contribution in [3.8, 4) is 0 Å². The summed E-state index contributed by atoms with van der Waals surface area (Å²) in [6, 6.07) is 6.92. The predicted octanol–water partition coefficient (Wildman–Crippen LogP) is 1.57. The van der Waals surface area contributed by atoms with Crippen molar-refractivity contribution in [2.45, 2.75) is 6.18 Å². The number of alkyl halides is 3. The first-order valence-corrected chi connectivity index (χ1v) is 8.43. The van der Waals surface area contributed by atoms with Crippen LogP contribution < -0.4 is 10.6 Å². The average Bonchev–Trinajstić information content (AvgIpc) is 2.56. The molecule has 0 saturated carbocycles. The van der Waals surface area contributed by atoms with Crippen LogP contribution in [-0.2, 0) is 9.59 Å². The van der Waals surface area contributed by atoms with Gasteiger partial charge in [0.2, 0.25) is 11.8 Å². The molecule has 0 aromatic heterocycles. The maximum Gasteiger partial charge on any atom is 0.405 e. The van der Waals surface area contributed by atoms with Gasteiger partial charge in [0.15, 0.2) is 0 Å². The number of rotatable bonds is 6. The summed E-state index contributed by atoms with van der Waals surface area (Å²) >= 11 is 5.99. The van der Waals surface area contributed by atoms with Gasteiger partial charge in [-0.1, -0.05) is 23.7 Å². The number of hydrogen-bond donors (Lipinski definition) is 2. The Morgan fingerprint density at radius 3 is 2.08 bits per heavy atom. The number of hydrogen-bond acceptors (Lipinski definition) is 4. The van der Waals surface area contributed by atoms with Gasteiger partial charge in [-0.25, -0.2) is 0 Å². The zero-order valence-corrected chi connectivity index (χ0v) is 14.7. The standard InChI is InChI=1S/C16H20ClF3N4O2/c17-12-3-1-2-4-13(12)22-15(26)10-24-7-5-23(6-8-24)9-14(25)21-11-16(18,19)20/h1-4H,5-11H2,(H,21,25)(H,22,26). The number of carbonyl (C=O) groups is 2. The van der Waals surface area contributed by atoms with Crippen LogP contribution in [0, 0.1) is 0 Å². The molecule has 0 spiro atoms. The molecule has 1 heterocycles. The summed E-state index contributed by atoms with van der Waals surface area (Å²) < 4.78 is 36.2. The van der Waals surface area contributed by atoms with E-state index in [9.17, 15) is 22.8 Å². The first-order chi connectivity index (χ1) is 12.2. The third kappa shape index (κ3) is 7.19. The number of anilines is 1. The van der Waals surface area contributed by atoms with Crippen LogP contribution in [0.15, 0.2) is 24.3 Å². The zero-order chi connectivity index (χ0) is 19.2. The Kier molecular flexibility index (Phi) is 7.24. The number of carbonyl (C=O) groups excluding carboxylic acids is 2. The normalized spacial score (nSPS) is 16.3. The van der Waals surface area contributed by atoms with Crippen molar-refractivity contribution in [1.29, 1.82) is 0 Å². The first-order valence-electron chi connectivity index (χ1n) is 8.05. The Morgan fingerprint density at radius 2 is 1.54 bits per heavy atom. The molecule has 2 amide bonds. The van der Waals surface area contributed by atoms with E-state index in [-0.39, 0.29) is 19.0 Å². The number of para-hydroxylation sites is 1. The Balaban J connectivity index is 1.69. The quantitative estimate of drug-likeness (QED) is 0.771. The van der Waals surface area contributed by atoms with Gasteiger partial charge in [-0.05, 0) is 12.1 Å². The van der Waals surface area contributed by atoms with Gasteiger partial charge in [0.05, 0.1) is 23.8 Å². The lowest BCUT2D eigenvalue weighted by atomic mass is 10.3. The van der Waals surface area contributed by atoms with Crippen LogP contribution in [0.25, 0.3) is 0 Å². The molecule has 0 bridgehead atoms. The van der Waals surface area contributed by atoms with Gasteiger partial charge >= 0.3 is 6.18 Å². The molecule has 0 radical (unpaired) electrons. The lowest BCUT2D eigenvalue weighted by molar-refractivity contribution is -0.139. The van der Waals surface area contributed by atoms with Gasteiger partial charge in [-0.15, -0.1) is 0 Å². The first kappa shape index (κ1) is 20.5. The highest BCUT2D eigenvalue weighted by Gasteiger charge is 2.28. The average molecular weight is 393 g/mol. The highest BCUT2D eigenvalue weighted by Crippen LogP contribution is 2.20. The number of piperazine rings is 1. The molecule has 1 aromatic rings. The molecule has 26 heavy (non-hydrogen) atoms. The molecule has 10 heteroatoms. The molecule has 2 N–H and O–H groups in total. The third-order valence-corrected chi connectivity index (χ3v) is 4.16. The summed E-state index contributed by atoms with van der Waals surface area (Å²) in [7, 11) is 0. The highest BCUT2D eigenvalue weighted by molar-refractivity contribution is 6.33. The lowest BCUT2D eigenvalue weighted by Crippen LogP contribution is -2.51. The van der Waals surface area contributed by atoms with Crippen LogP contribution in [0.3, 0.4) is 0 Å². The molecule has 1 saturated heterocycles. The summed E-state index contributed by atoms with van der Waals surface area (Å²) in [5.74, 6) is -0.860. The minimum absolute atomic E-state index is 0.0876. The number of nitrogens with one attached hydrogen (secondary N) is 2. The Labute approximate surface area is 154 Å². The highest BCUT2D eigenvalue weighted by atomic mass is 35.5. The second kappa shape index (κ2) is 9.20. The molecule has 144 valence electrons. The zero-order valence-electron chi connectivity index (χ0n) is 14.0. The summed E-state index contributed by atoms with van der Waals surface area (Å²) in [5, 5.41) is 5.04. The minimum atomic E-state index is -4.41. The molecule has 0 atom stereocenters. The summed E-state index contributed by atoms with van der Waals surface area (Å²) in [4.78, 5) is 27.3. The van der Waals surface area contributed by atoms with E-state index in [1.807, 2.05) is 10.2 Å².